The fraction of sp³-hybridized carbons (Fsp3) is 0.100. The Hall–Kier alpha value is -3.68. The fourth-order valence-corrected chi connectivity index (χ4v) is 5.53. The molecule has 0 aliphatic carbocycles. The minimum atomic E-state index is -4.07. The normalized spacial score (nSPS) is 15.4. The van der Waals surface area contributed by atoms with Gasteiger partial charge in [0.15, 0.2) is 0 Å². The molecular weight excluding hydrogens is 438 g/mol. The van der Waals surface area contributed by atoms with Crippen LogP contribution >= 0.6 is 11.6 Å². The van der Waals surface area contributed by atoms with Gasteiger partial charge in [-0.15, -0.1) is 0 Å². The third kappa shape index (κ3) is 3.54. The van der Waals surface area contributed by atoms with E-state index >= 15 is 0 Å². The van der Waals surface area contributed by atoms with E-state index in [4.69, 9.17) is 17.3 Å². The highest BCUT2D eigenvalue weighted by Gasteiger charge is 2.38. The fourth-order valence-electron chi connectivity index (χ4n) is 3.29. The molecule has 3 N–H and O–H groups in total. The number of aromatic nitrogens is 3. The van der Waals surface area contributed by atoms with Crippen LogP contribution in [0, 0.1) is 11.3 Å². The number of nitrogens with one attached hydrogen (secondary N) is 1. The Kier molecular flexibility index (Phi) is 5.22. The first kappa shape index (κ1) is 20.6. The molecule has 3 aromatic rings. The van der Waals surface area contributed by atoms with Crippen molar-refractivity contribution >= 4 is 45.2 Å². The first-order chi connectivity index (χ1) is 14.8. The number of hydrogen-bond acceptors (Lipinski definition) is 8. The standard InChI is InChI=1S/C20H16ClN7O2S/c1-12(27-20-14(10-22)19(23)25-11-26-20)16-9-13-5-4-6-15(21)18(13)31(29,30)28(16)17-7-2-3-8-24-17/h2-9,11-12H,1H3,(H3,23,25,26,27)/t12-/m0/s1. The molecule has 1 aromatic carbocycles. The molecule has 0 radical (unpaired) electrons. The van der Waals surface area contributed by atoms with Crippen molar-refractivity contribution in [2.45, 2.75) is 17.9 Å². The summed E-state index contributed by atoms with van der Waals surface area (Å²) >= 11 is 6.26. The summed E-state index contributed by atoms with van der Waals surface area (Å²) in [5, 5.41) is 12.6. The van der Waals surface area contributed by atoms with Crippen molar-refractivity contribution in [3.05, 3.63) is 70.8 Å². The van der Waals surface area contributed by atoms with Crippen molar-refractivity contribution in [1.29, 1.82) is 5.26 Å². The maximum absolute atomic E-state index is 13.6. The van der Waals surface area contributed by atoms with Gasteiger partial charge in [0.05, 0.1) is 16.8 Å². The smallest absolute Gasteiger partial charge is 0.271 e. The summed E-state index contributed by atoms with van der Waals surface area (Å²) in [5.74, 6) is 0.422. The number of nitriles is 1. The predicted molar refractivity (Wildman–Crippen MR) is 118 cm³/mol. The average Bonchev–Trinajstić information content (AvgIpc) is 2.73. The zero-order valence-electron chi connectivity index (χ0n) is 16.2. The van der Waals surface area contributed by atoms with E-state index in [9.17, 15) is 13.7 Å². The van der Waals surface area contributed by atoms with E-state index in [-0.39, 0.29) is 32.9 Å². The lowest BCUT2D eigenvalue weighted by Gasteiger charge is -2.34. The van der Waals surface area contributed by atoms with Gasteiger partial charge in [-0.25, -0.2) is 27.7 Å². The van der Waals surface area contributed by atoms with E-state index in [0.29, 0.717) is 11.3 Å². The number of hydrogen-bond donors (Lipinski definition) is 2. The first-order valence-corrected chi connectivity index (χ1v) is 10.9. The third-order valence-electron chi connectivity index (χ3n) is 4.68. The van der Waals surface area contributed by atoms with Gasteiger partial charge in [-0.3, -0.25) is 0 Å². The minimum Gasteiger partial charge on any atom is -0.382 e. The van der Waals surface area contributed by atoms with Gasteiger partial charge in [-0.05, 0) is 36.8 Å². The van der Waals surface area contributed by atoms with Gasteiger partial charge in [0.1, 0.15) is 40.3 Å². The number of rotatable bonds is 4. The number of anilines is 3. The summed E-state index contributed by atoms with van der Waals surface area (Å²) in [5.41, 5.74) is 6.66. The van der Waals surface area contributed by atoms with Crippen LogP contribution in [0.5, 0.6) is 0 Å². The van der Waals surface area contributed by atoms with E-state index in [2.05, 4.69) is 20.3 Å². The Morgan fingerprint density at radius 2 is 2.00 bits per heavy atom. The van der Waals surface area contributed by atoms with Crippen LogP contribution in [-0.2, 0) is 10.0 Å². The number of nitrogens with zero attached hydrogens (tertiary/aromatic N) is 5. The van der Waals surface area contributed by atoms with Crippen molar-refractivity contribution in [3.8, 4) is 6.07 Å². The molecule has 31 heavy (non-hydrogen) atoms. The summed E-state index contributed by atoms with van der Waals surface area (Å²) in [4.78, 5) is 12.1. The van der Waals surface area contributed by atoms with E-state index in [0.717, 1.165) is 4.31 Å². The zero-order valence-corrected chi connectivity index (χ0v) is 17.8. The van der Waals surface area contributed by atoms with Crippen LogP contribution in [0.1, 0.15) is 18.1 Å². The van der Waals surface area contributed by atoms with E-state index in [1.54, 1.807) is 43.3 Å². The summed E-state index contributed by atoms with van der Waals surface area (Å²) < 4.78 is 28.3. The van der Waals surface area contributed by atoms with Gasteiger partial charge in [-0.1, -0.05) is 29.8 Å². The van der Waals surface area contributed by atoms with Crippen LogP contribution in [0.3, 0.4) is 0 Å². The highest BCUT2D eigenvalue weighted by Crippen LogP contribution is 2.39. The van der Waals surface area contributed by atoms with Crippen LogP contribution in [0.25, 0.3) is 6.08 Å². The number of benzene rings is 1. The molecule has 1 aliphatic heterocycles. The molecule has 11 heteroatoms. The molecule has 0 spiro atoms. The summed E-state index contributed by atoms with van der Waals surface area (Å²) in [6.07, 6.45) is 4.44. The van der Waals surface area contributed by atoms with Crippen LogP contribution in [0.2, 0.25) is 5.02 Å². The second-order valence-electron chi connectivity index (χ2n) is 6.65. The Morgan fingerprint density at radius 3 is 2.71 bits per heavy atom. The predicted octanol–water partition coefficient (Wildman–Crippen LogP) is 3.03. The Labute approximate surface area is 183 Å². The summed E-state index contributed by atoms with van der Waals surface area (Å²) in [7, 11) is -4.07. The molecule has 0 bridgehead atoms. The number of halogens is 1. The maximum atomic E-state index is 13.6. The molecule has 3 heterocycles. The second kappa shape index (κ2) is 7.86. The van der Waals surface area contributed by atoms with Crippen molar-refractivity contribution in [2.75, 3.05) is 15.4 Å². The molecule has 156 valence electrons. The van der Waals surface area contributed by atoms with Gasteiger partial charge >= 0.3 is 0 Å². The SMILES string of the molecule is C[C@H](Nc1ncnc(N)c1C#N)C1=Cc2cccc(Cl)c2S(=O)(=O)N1c1ccccn1. The van der Waals surface area contributed by atoms with Crippen LogP contribution in [0.15, 0.2) is 59.5 Å². The third-order valence-corrected chi connectivity index (χ3v) is 6.95. The molecule has 0 saturated carbocycles. The zero-order chi connectivity index (χ0) is 22.2. The van der Waals surface area contributed by atoms with Crippen LogP contribution < -0.4 is 15.4 Å². The Bertz CT molecular complexity index is 1340. The number of pyridine rings is 1. The van der Waals surface area contributed by atoms with Crippen molar-refractivity contribution in [1.82, 2.24) is 15.0 Å². The summed E-state index contributed by atoms with van der Waals surface area (Å²) in [6.45, 7) is 1.74. The largest absolute Gasteiger partial charge is 0.382 e. The number of fused-ring (bicyclic) bond motifs is 1. The summed E-state index contributed by atoms with van der Waals surface area (Å²) in [6, 6.07) is 11.2. The average molecular weight is 454 g/mol. The topological polar surface area (TPSA) is 138 Å². The monoisotopic (exact) mass is 453 g/mol. The molecule has 0 amide bonds. The Balaban J connectivity index is 1.88. The van der Waals surface area contributed by atoms with Crippen LogP contribution in [-0.4, -0.2) is 29.4 Å². The van der Waals surface area contributed by atoms with Gasteiger partial charge in [0.25, 0.3) is 10.0 Å². The van der Waals surface area contributed by atoms with Crippen LogP contribution in [0.4, 0.5) is 17.5 Å². The Morgan fingerprint density at radius 1 is 1.19 bits per heavy atom. The van der Waals surface area contributed by atoms with Gasteiger partial charge in [0.2, 0.25) is 0 Å². The number of nitrogen functional groups attached to an aromatic ring is 1. The lowest BCUT2D eigenvalue weighted by Crippen LogP contribution is -2.40. The molecule has 9 nitrogen and oxygen atoms in total. The molecule has 0 unspecified atom stereocenters. The highest BCUT2D eigenvalue weighted by atomic mass is 35.5. The molecule has 2 aromatic heterocycles. The van der Waals surface area contributed by atoms with E-state index in [1.807, 2.05) is 6.07 Å². The first-order valence-electron chi connectivity index (χ1n) is 9.08. The molecule has 0 fully saturated rings. The lowest BCUT2D eigenvalue weighted by atomic mass is 10.1. The lowest BCUT2D eigenvalue weighted by molar-refractivity contribution is 0.591. The minimum absolute atomic E-state index is 0.00210. The number of sulfonamides is 1. The molecule has 0 saturated heterocycles. The van der Waals surface area contributed by atoms with Gasteiger partial charge < -0.3 is 11.1 Å². The van der Waals surface area contributed by atoms with E-state index < -0.39 is 16.1 Å². The molecule has 1 aliphatic rings. The van der Waals surface area contributed by atoms with Crippen molar-refractivity contribution in [3.63, 3.8) is 0 Å². The van der Waals surface area contributed by atoms with Crippen molar-refractivity contribution in [2.24, 2.45) is 0 Å². The van der Waals surface area contributed by atoms with E-state index in [1.165, 1.54) is 18.6 Å². The molecule has 1 atom stereocenters. The van der Waals surface area contributed by atoms with Gasteiger partial charge in [-0.2, -0.15) is 5.26 Å². The van der Waals surface area contributed by atoms with Crippen molar-refractivity contribution < 1.29 is 8.42 Å². The molecular formula is C20H16ClN7O2S. The quantitative estimate of drug-likeness (QED) is 0.614. The second-order valence-corrected chi connectivity index (χ2v) is 8.78. The highest BCUT2D eigenvalue weighted by molar-refractivity contribution is 7.93. The maximum Gasteiger partial charge on any atom is 0.271 e. The number of nitrogens with two attached hydrogens (primary N) is 1. The molecule has 4 rings (SSSR count). The van der Waals surface area contributed by atoms with Gasteiger partial charge in [0, 0.05) is 6.20 Å².